The van der Waals surface area contributed by atoms with Crippen LogP contribution in [0.1, 0.15) is 0 Å². The predicted molar refractivity (Wildman–Crippen MR) is 54.9 cm³/mol. The number of aromatic nitrogens is 1. The van der Waals surface area contributed by atoms with Crippen molar-refractivity contribution in [2.24, 2.45) is 0 Å². The Bertz CT molecular complexity index is 513. The average Bonchev–Trinajstić information content (AvgIpc) is 2.56. The second-order valence-corrected chi connectivity index (χ2v) is 3.20. The van der Waals surface area contributed by atoms with Gasteiger partial charge in [-0.25, -0.2) is 0 Å². The molecule has 2 aromatic heterocycles. The van der Waals surface area contributed by atoms with E-state index in [9.17, 15) is 0 Å². The third kappa shape index (κ3) is 0.872. The first-order valence-corrected chi connectivity index (χ1v) is 4.40. The first-order valence-electron chi connectivity index (χ1n) is 4.40. The molecule has 0 saturated carbocycles. The Balaban J connectivity index is 2.64. The molecule has 0 aliphatic heterocycles. The summed E-state index contributed by atoms with van der Waals surface area (Å²) in [6, 6.07) is 16.9. The zero-order valence-electron chi connectivity index (χ0n) is 7.14. The number of para-hydroxylation sites is 1. The molecule has 0 aliphatic rings. The molecule has 1 heteroatoms. The predicted octanol–water partition coefficient (Wildman–Crippen LogP) is 3.09. The topological polar surface area (TPSA) is 4.41 Å². The fourth-order valence-electron chi connectivity index (χ4n) is 1.78. The second kappa shape index (κ2) is 2.36. The molecule has 0 saturated heterocycles. The lowest BCUT2D eigenvalue weighted by Crippen LogP contribution is -1.79. The van der Waals surface area contributed by atoms with E-state index in [0.717, 1.165) is 0 Å². The van der Waals surface area contributed by atoms with Gasteiger partial charge in [-0.2, -0.15) is 0 Å². The third-order valence-corrected chi connectivity index (χ3v) is 2.39. The van der Waals surface area contributed by atoms with E-state index in [0.29, 0.717) is 0 Å². The lowest BCUT2D eigenvalue weighted by molar-refractivity contribution is 1.25. The van der Waals surface area contributed by atoms with Gasteiger partial charge in [0.15, 0.2) is 0 Å². The van der Waals surface area contributed by atoms with Gasteiger partial charge in [0.05, 0.1) is 5.52 Å². The van der Waals surface area contributed by atoms with Crippen LogP contribution in [0.5, 0.6) is 0 Å². The molecular weight excluding hydrogens is 158 g/mol. The number of benzene rings is 1. The van der Waals surface area contributed by atoms with E-state index >= 15 is 0 Å². The first kappa shape index (κ1) is 6.72. The third-order valence-electron chi connectivity index (χ3n) is 2.39. The monoisotopic (exact) mass is 167 g/mol. The molecule has 0 amide bonds. The zero-order valence-corrected chi connectivity index (χ0v) is 7.14. The van der Waals surface area contributed by atoms with Crippen molar-refractivity contribution in [3.8, 4) is 0 Å². The van der Waals surface area contributed by atoms with Crippen molar-refractivity contribution in [3.63, 3.8) is 0 Å². The van der Waals surface area contributed by atoms with Gasteiger partial charge in [0.25, 0.3) is 0 Å². The number of rotatable bonds is 0. The number of fused-ring (bicyclic) bond motifs is 3. The summed E-state index contributed by atoms with van der Waals surface area (Å²) in [6.07, 6.45) is 2.09. The van der Waals surface area contributed by atoms with Crippen LogP contribution >= 0.6 is 0 Å². The van der Waals surface area contributed by atoms with Crippen LogP contribution in [0.25, 0.3) is 16.4 Å². The Kier molecular flexibility index (Phi) is 1.22. The van der Waals surface area contributed by atoms with Crippen LogP contribution in [0.15, 0.2) is 54.7 Å². The first-order chi connectivity index (χ1) is 6.45. The highest BCUT2D eigenvalue weighted by Gasteiger charge is 1.98. The highest BCUT2D eigenvalue weighted by Crippen LogP contribution is 2.18. The molecule has 0 atom stereocenters. The molecular formula is C12H9N. The fraction of sp³-hybridized carbons (Fsp3) is 0. The summed E-state index contributed by atoms with van der Waals surface area (Å²) in [5.41, 5.74) is 2.53. The second-order valence-electron chi connectivity index (χ2n) is 3.20. The molecule has 0 unspecified atom stereocenters. The molecule has 0 radical (unpaired) electrons. The Morgan fingerprint density at radius 1 is 0.846 bits per heavy atom. The van der Waals surface area contributed by atoms with Crippen molar-refractivity contribution >= 4 is 16.4 Å². The number of hydrogen-bond acceptors (Lipinski definition) is 0. The van der Waals surface area contributed by atoms with Crippen molar-refractivity contribution in [2.45, 2.75) is 0 Å². The Morgan fingerprint density at radius 3 is 2.69 bits per heavy atom. The molecule has 3 aromatic rings. The summed E-state index contributed by atoms with van der Waals surface area (Å²) in [5, 5.41) is 1.30. The molecule has 62 valence electrons. The van der Waals surface area contributed by atoms with Gasteiger partial charge < -0.3 is 4.40 Å². The number of nitrogens with zero attached hydrogens (tertiary/aromatic N) is 1. The van der Waals surface area contributed by atoms with Gasteiger partial charge in [0.2, 0.25) is 0 Å². The highest BCUT2D eigenvalue weighted by atomic mass is 14.9. The van der Waals surface area contributed by atoms with E-state index in [4.69, 9.17) is 0 Å². The number of hydrogen-bond donors (Lipinski definition) is 0. The molecule has 2 heterocycles. The van der Waals surface area contributed by atoms with Crippen molar-refractivity contribution < 1.29 is 0 Å². The largest absolute Gasteiger partial charge is 0.317 e. The maximum absolute atomic E-state index is 2.20. The minimum absolute atomic E-state index is 1.25. The molecule has 3 rings (SSSR count). The lowest BCUT2D eigenvalue weighted by atomic mass is 10.2. The Labute approximate surface area is 76.2 Å². The minimum atomic E-state index is 1.25. The van der Waals surface area contributed by atoms with Gasteiger partial charge in [-0.3, -0.25) is 0 Å². The molecule has 0 N–H and O–H groups in total. The maximum Gasteiger partial charge on any atom is 0.0528 e. The molecule has 0 bridgehead atoms. The van der Waals surface area contributed by atoms with Crippen LogP contribution in [-0.4, -0.2) is 4.40 Å². The van der Waals surface area contributed by atoms with E-state index in [1.165, 1.54) is 16.4 Å². The van der Waals surface area contributed by atoms with Gasteiger partial charge in [0.1, 0.15) is 0 Å². The van der Waals surface area contributed by atoms with E-state index in [-0.39, 0.29) is 0 Å². The van der Waals surface area contributed by atoms with E-state index < -0.39 is 0 Å². The van der Waals surface area contributed by atoms with Crippen molar-refractivity contribution in [3.05, 3.63) is 54.7 Å². The average molecular weight is 167 g/mol. The SMILES string of the molecule is c1ccc2c(c1)cc1ccccn12. The Morgan fingerprint density at radius 2 is 1.69 bits per heavy atom. The van der Waals surface area contributed by atoms with E-state index in [1.54, 1.807) is 0 Å². The maximum atomic E-state index is 2.20. The smallest absolute Gasteiger partial charge is 0.0528 e. The fourth-order valence-corrected chi connectivity index (χ4v) is 1.78. The standard InChI is InChI=1S/C12H9N/c1-2-7-12-10(5-1)9-11-6-3-4-8-13(11)12/h1-9H. The molecule has 1 nitrogen and oxygen atoms in total. The van der Waals surface area contributed by atoms with Crippen LogP contribution in [0.2, 0.25) is 0 Å². The summed E-state index contributed by atoms with van der Waals surface area (Å²) in [4.78, 5) is 0. The summed E-state index contributed by atoms with van der Waals surface area (Å²) >= 11 is 0. The van der Waals surface area contributed by atoms with Crippen molar-refractivity contribution in [1.82, 2.24) is 4.40 Å². The molecule has 1 aromatic carbocycles. The molecule has 0 aliphatic carbocycles. The van der Waals surface area contributed by atoms with Crippen LogP contribution in [0.3, 0.4) is 0 Å². The van der Waals surface area contributed by atoms with Crippen molar-refractivity contribution in [1.29, 1.82) is 0 Å². The quantitative estimate of drug-likeness (QED) is 0.484. The van der Waals surface area contributed by atoms with Gasteiger partial charge in [0, 0.05) is 17.1 Å². The summed E-state index contributed by atoms with van der Waals surface area (Å²) in [5.74, 6) is 0. The van der Waals surface area contributed by atoms with E-state index in [2.05, 4.69) is 59.1 Å². The molecule has 13 heavy (non-hydrogen) atoms. The Hall–Kier alpha value is -1.76. The molecule has 0 fully saturated rings. The summed E-state index contributed by atoms with van der Waals surface area (Å²) in [6.45, 7) is 0. The summed E-state index contributed by atoms with van der Waals surface area (Å²) < 4.78 is 2.20. The number of pyridine rings is 1. The van der Waals surface area contributed by atoms with Gasteiger partial charge in [-0.15, -0.1) is 0 Å². The van der Waals surface area contributed by atoms with E-state index in [1.807, 2.05) is 0 Å². The zero-order chi connectivity index (χ0) is 8.67. The minimum Gasteiger partial charge on any atom is -0.317 e. The van der Waals surface area contributed by atoms with Crippen LogP contribution < -0.4 is 0 Å². The van der Waals surface area contributed by atoms with Crippen LogP contribution in [0, 0.1) is 0 Å². The van der Waals surface area contributed by atoms with Gasteiger partial charge >= 0.3 is 0 Å². The lowest BCUT2D eigenvalue weighted by Gasteiger charge is -1.94. The normalized spacial score (nSPS) is 11.1. The highest BCUT2D eigenvalue weighted by molar-refractivity contribution is 5.86. The van der Waals surface area contributed by atoms with Crippen LogP contribution in [0.4, 0.5) is 0 Å². The van der Waals surface area contributed by atoms with Crippen molar-refractivity contribution in [2.75, 3.05) is 0 Å². The van der Waals surface area contributed by atoms with Gasteiger partial charge in [-0.05, 0) is 24.3 Å². The van der Waals surface area contributed by atoms with Crippen LogP contribution in [-0.2, 0) is 0 Å². The van der Waals surface area contributed by atoms with Gasteiger partial charge in [-0.1, -0.05) is 24.3 Å². The molecule has 0 spiro atoms. The summed E-state index contributed by atoms with van der Waals surface area (Å²) in [7, 11) is 0.